The van der Waals surface area contributed by atoms with Crippen molar-refractivity contribution in [1.29, 1.82) is 0 Å². The molecule has 1 saturated carbocycles. The first-order valence-corrected chi connectivity index (χ1v) is 7.52. The van der Waals surface area contributed by atoms with Crippen LogP contribution in [0.3, 0.4) is 0 Å². The van der Waals surface area contributed by atoms with E-state index in [2.05, 4.69) is 43.4 Å². The Labute approximate surface area is 109 Å². The summed E-state index contributed by atoms with van der Waals surface area (Å²) in [4.78, 5) is 4.62. The molecule has 2 rings (SSSR count). The van der Waals surface area contributed by atoms with Crippen molar-refractivity contribution in [2.75, 3.05) is 6.54 Å². The van der Waals surface area contributed by atoms with Gasteiger partial charge in [-0.2, -0.15) is 0 Å². The molecular weight excluding hydrogens is 228 g/mol. The van der Waals surface area contributed by atoms with Crippen LogP contribution in [0.1, 0.15) is 44.3 Å². The molecule has 0 spiro atoms. The molecule has 96 valence electrons. The van der Waals surface area contributed by atoms with Gasteiger partial charge in [-0.25, -0.2) is 4.98 Å². The van der Waals surface area contributed by atoms with Crippen molar-refractivity contribution in [2.24, 2.45) is 11.3 Å². The predicted octanol–water partition coefficient (Wildman–Crippen LogP) is 3.41. The van der Waals surface area contributed by atoms with Crippen LogP contribution in [0.2, 0.25) is 0 Å². The van der Waals surface area contributed by atoms with Crippen LogP contribution in [-0.4, -0.2) is 17.6 Å². The summed E-state index contributed by atoms with van der Waals surface area (Å²) in [6.07, 6.45) is 3.93. The van der Waals surface area contributed by atoms with Gasteiger partial charge >= 0.3 is 0 Å². The molecule has 17 heavy (non-hydrogen) atoms. The fraction of sp³-hybridized carbons (Fsp3) is 0.786. The topological polar surface area (TPSA) is 24.9 Å². The lowest BCUT2D eigenvalue weighted by molar-refractivity contribution is 0.246. The van der Waals surface area contributed by atoms with Crippen LogP contribution in [0, 0.1) is 18.3 Å². The largest absolute Gasteiger partial charge is 0.314 e. The lowest BCUT2D eigenvalue weighted by Gasteiger charge is -2.30. The molecule has 0 bridgehead atoms. The van der Waals surface area contributed by atoms with E-state index in [0.717, 1.165) is 18.9 Å². The maximum atomic E-state index is 4.62. The summed E-state index contributed by atoms with van der Waals surface area (Å²) < 4.78 is 0. The van der Waals surface area contributed by atoms with Crippen molar-refractivity contribution < 1.29 is 0 Å². The summed E-state index contributed by atoms with van der Waals surface area (Å²) >= 11 is 1.77. The minimum absolute atomic E-state index is 0.394. The second-order valence-electron chi connectivity index (χ2n) is 6.00. The Morgan fingerprint density at radius 3 is 2.71 bits per heavy atom. The molecule has 0 saturated heterocycles. The average Bonchev–Trinajstić information content (AvgIpc) is 3.02. The minimum atomic E-state index is 0.394. The molecule has 0 aliphatic heterocycles. The summed E-state index contributed by atoms with van der Waals surface area (Å²) in [6, 6.07) is 0.574. The molecular formula is C14H24N2S. The average molecular weight is 252 g/mol. The number of aromatic nitrogens is 1. The van der Waals surface area contributed by atoms with Crippen LogP contribution in [-0.2, 0) is 6.42 Å². The molecule has 0 aromatic carbocycles. The monoisotopic (exact) mass is 252 g/mol. The van der Waals surface area contributed by atoms with E-state index >= 15 is 0 Å². The SMILES string of the molecule is Cc1nc(CC(C)(CNC(C)C)C2CC2)cs1. The maximum absolute atomic E-state index is 4.62. The second-order valence-corrected chi connectivity index (χ2v) is 7.06. The molecule has 1 aliphatic carbocycles. The number of hydrogen-bond donors (Lipinski definition) is 1. The van der Waals surface area contributed by atoms with E-state index in [1.807, 2.05) is 0 Å². The molecule has 1 unspecified atom stereocenters. The molecule has 1 fully saturated rings. The molecule has 1 aliphatic rings. The highest BCUT2D eigenvalue weighted by Gasteiger charge is 2.41. The van der Waals surface area contributed by atoms with Gasteiger partial charge < -0.3 is 5.32 Å². The van der Waals surface area contributed by atoms with E-state index in [9.17, 15) is 0 Å². The third kappa shape index (κ3) is 3.52. The Balaban J connectivity index is 2.00. The number of aryl methyl sites for hydroxylation is 1. The molecule has 2 nitrogen and oxygen atoms in total. The van der Waals surface area contributed by atoms with E-state index in [1.165, 1.54) is 23.5 Å². The predicted molar refractivity (Wildman–Crippen MR) is 74.5 cm³/mol. The van der Waals surface area contributed by atoms with E-state index in [4.69, 9.17) is 0 Å². The Morgan fingerprint density at radius 2 is 2.24 bits per heavy atom. The third-order valence-electron chi connectivity index (χ3n) is 3.73. The summed E-state index contributed by atoms with van der Waals surface area (Å²) in [7, 11) is 0. The first-order chi connectivity index (χ1) is 7.99. The third-order valence-corrected chi connectivity index (χ3v) is 4.55. The standard InChI is InChI=1S/C14H24N2S/c1-10(2)15-9-14(4,12-5-6-12)7-13-8-17-11(3)16-13/h8,10,12,15H,5-7,9H2,1-4H3. The number of rotatable bonds is 6. The van der Waals surface area contributed by atoms with Gasteiger partial charge in [0.05, 0.1) is 10.7 Å². The number of hydrogen-bond acceptors (Lipinski definition) is 3. The molecule has 1 heterocycles. The maximum Gasteiger partial charge on any atom is 0.0897 e. The Kier molecular flexibility index (Phi) is 3.88. The van der Waals surface area contributed by atoms with Gasteiger partial charge in [-0.1, -0.05) is 20.8 Å². The lowest BCUT2D eigenvalue weighted by atomic mass is 9.80. The fourth-order valence-corrected chi connectivity index (χ4v) is 3.08. The summed E-state index contributed by atoms with van der Waals surface area (Å²) in [5.74, 6) is 0.899. The van der Waals surface area contributed by atoms with Gasteiger partial charge in [0.1, 0.15) is 0 Å². The van der Waals surface area contributed by atoms with Gasteiger partial charge in [-0.15, -0.1) is 11.3 Å². The van der Waals surface area contributed by atoms with Crippen LogP contribution >= 0.6 is 11.3 Å². The summed E-state index contributed by atoms with van der Waals surface area (Å²) in [6.45, 7) is 10.1. The van der Waals surface area contributed by atoms with Crippen LogP contribution in [0.25, 0.3) is 0 Å². The number of nitrogens with one attached hydrogen (secondary N) is 1. The molecule has 1 aromatic rings. The highest BCUT2D eigenvalue weighted by molar-refractivity contribution is 7.09. The van der Waals surface area contributed by atoms with E-state index in [0.29, 0.717) is 11.5 Å². The summed E-state index contributed by atoms with van der Waals surface area (Å²) in [5, 5.41) is 7.03. The molecule has 0 amide bonds. The lowest BCUT2D eigenvalue weighted by Crippen LogP contribution is -2.38. The molecule has 3 heteroatoms. The zero-order valence-electron chi connectivity index (χ0n) is 11.4. The van der Waals surface area contributed by atoms with Crippen LogP contribution < -0.4 is 5.32 Å². The van der Waals surface area contributed by atoms with Gasteiger partial charge in [-0.05, 0) is 37.5 Å². The van der Waals surface area contributed by atoms with Crippen molar-refractivity contribution in [2.45, 2.75) is 53.0 Å². The zero-order valence-corrected chi connectivity index (χ0v) is 12.2. The zero-order chi connectivity index (χ0) is 12.5. The second kappa shape index (κ2) is 5.07. The first-order valence-electron chi connectivity index (χ1n) is 6.64. The number of thiazole rings is 1. The quantitative estimate of drug-likeness (QED) is 0.839. The minimum Gasteiger partial charge on any atom is -0.314 e. The molecule has 1 N–H and O–H groups in total. The first kappa shape index (κ1) is 13.0. The van der Waals surface area contributed by atoms with Crippen molar-refractivity contribution in [3.8, 4) is 0 Å². The fourth-order valence-electron chi connectivity index (χ4n) is 2.47. The Bertz CT molecular complexity index is 368. The van der Waals surface area contributed by atoms with Crippen molar-refractivity contribution in [3.05, 3.63) is 16.1 Å². The molecule has 0 radical (unpaired) electrons. The van der Waals surface area contributed by atoms with E-state index < -0.39 is 0 Å². The smallest absolute Gasteiger partial charge is 0.0897 e. The number of nitrogens with zero attached hydrogens (tertiary/aromatic N) is 1. The Hall–Kier alpha value is -0.410. The van der Waals surface area contributed by atoms with Gasteiger partial charge in [0.2, 0.25) is 0 Å². The van der Waals surface area contributed by atoms with Gasteiger partial charge in [0.15, 0.2) is 0 Å². The van der Waals surface area contributed by atoms with Crippen LogP contribution in [0.4, 0.5) is 0 Å². The van der Waals surface area contributed by atoms with Crippen LogP contribution in [0.5, 0.6) is 0 Å². The van der Waals surface area contributed by atoms with Gasteiger partial charge in [0, 0.05) is 18.0 Å². The molecule has 1 atom stereocenters. The summed E-state index contributed by atoms with van der Waals surface area (Å²) in [5.41, 5.74) is 1.68. The highest BCUT2D eigenvalue weighted by atomic mass is 32.1. The van der Waals surface area contributed by atoms with E-state index in [-0.39, 0.29) is 0 Å². The normalized spacial score (nSPS) is 19.6. The van der Waals surface area contributed by atoms with E-state index in [1.54, 1.807) is 11.3 Å². The Morgan fingerprint density at radius 1 is 1.53 bits per heavy atom. The van der Waals surface area contributed by atoms with Crippen LogP contribution in [0.15, 0.2) is 5.38 Å². The molecule has 1 aromatic heterocycles. The van der Waals surface area contributed by atoms with Crippen molar-refractivity contribution in [1.82, 2.24) is 10.3 Å². The van der Waals surface area contributed by atoms with Gasteiger partial charge in [0.25, 0.3) is 0 Å². The van der Waals surface area contributed by atoms with Gasteiger partial charge in [-0.3, -0.25) is 0 Å². The highest BCUT2D eigenvalue weighted by Crippen LogP contribution is 2.47. The van der Waals surface area contributed by atoms with Crippen molar-refractivity contribution in [3.63, 3.8) is 0 Å². The van der Waals surface area contributed by atoms with Crippen molar-refractivity contribution >= 4 is 11.3 Å².